The van der Waals surface area contributed by atoms with E-state index in [1.165, 1.54) is 12.3 Å². The van der Waals surface area contributed by atoms with E-state index in [1.807, 2.05) is 22.4 Å². The highest BCUT2D eigenvalue weighted by Gasteiger charge is 2.25. The molecule has 0 bridgehead atoms. The Hall–Kier alpha value is -2.41. The third-order valence-electron chi connectivity index (χ3n) is 3.92. The molecule has 0 spiro atoms. The molecule has 1 atom stereocenters. The van der Waals surface area contributed by atoms with Crippen molar-refractivity contribution in [2.24, 2.45) is 5.73 Å². The second-order valence-electron chi connectivity index (χ2n) is 5.72. The van der Waals surface area contributed by atoms with Gasteiger partial charge in [0, 0.05) is 23.7 Å². The quantitative estimate of drug-likeness (QED) is 0.896. The molecule has 1 aliphatic rings. The maximum absolute atomic E-state index is 12.4. The smallest absolute Gasteiger partial charge is 0.267 e. The number of amides is 2. The van der Waals surface area contributed by atoms with E-state index >= 15 is 0 Å². The molecular formula is C17H19N3O3S. The first kappa shape index (κ1) is 16.4. The number of nitrogens with two attached hydrogens (primary N) is 1. The van der Waals surface area contributed by atoms with Gasteiger partial charge in [0.1, 0.15) is 17.5 Å². The zero-order chi connectivity index (χ0) is 16.9. The van der Waals surface area contributed by atoms with E-state index in [0.29, 0.717) is 18.7 Å². The summed E-state index contributed by atoms with van der Waals surface area (Å²) in [7, 11) is 0. The molecule has 0 saturated carbocycles. The second-order valence-corrected chi connectivity index (χ2v) is 6.75. The van der Waals surface area contributed by atoms with Gasteiger partial charge in [0.15, 0.2) is 0 Å². The van der Waals surface area contributed by atoms with Gasteiger partial charge in [-0.2, -0.15) is 0 Å². The fourth-order valence-electron chi connectivity index (χ4n) is 2.75. The first-order valence-corrected chi connectivity index (χ1v) is 8.72. The summed E-state index contributed by atoms with van der Waals surface area (Å²) in [5.41, 5.74) is 5.41. The number of thiophene rings is 1. The van der Waals surface area contributed by atoms with Crippen molar-refractivity contribution in [1.82, 2.24) is 9.88 Å². The minimum absolute atomic E-state index is 0.0887. The lowest BCUT2D eigenvalue weighted by Crippen LogP contribution is -2.44. The summed E-state index contributed by atoms with van der Waals surface area (Å²) in [6, 6.07) is 7.16. The molecule has 3 rings (SSSR count). The molecule has 126 valence electrons. The van der Waals surface area contributed by atoms with E-state index in [-0.39, 0.29) is 17.7 Å². The maximum Gasteiger partial charge on any atom is 0.267 e. The highest BCUT2D eigenvalue weighted by atomic mass is 32.1. The van der Waals surface area contributed by atoms with Gasteiger partial charge in [-0.1, -0.05) is 6.07 Å². The van der Waals surface area contributed by atoms with Crippen molar-refractivity contribution in [1.29, 1.82) is 0 Å². The zero-order valence-corrected chi connectivity index (χ0v) is 14.0. The fourth-order valence-corrected chi connectivity index (χ4v) is 3.44. The number of ether oxygens (including phenoxy) is 1. The molecule has 2 aromatic rings. The molecule has 2 N–H and O–H groups in total. The van der Waals surface area contributed by atoms with Crippen molar-refractivity contribution in [2.75, 3.05) is 13.1 Å². The topological polar surface area (TPSA) is 85.5 Å². The highest BCUT2D eigenvalue weighted by Crippen LogP contribution is 2.20. The molecule has 3 heterocycles. The first-order valence-electron chi connectivity index (χ1n) is 7.84. The lowest BCUT2D eigenvalue weighted by Gasteiger charge is -2.33. The highest BCUT2D eigenvalue weighted by molar-refractivity contribution is 7.10. The van der Waals surface area contributed by atoms with Crippen LogP contribution in [0.1, 0.15) is 28.2 Å². The molecule has 7 heteroatoms. The Balaban J connectivity index is 1.60. The largest absolute Gasteiger partial charge is 0.488 e. The van der Waals surface area contributed by atoms with Crippen LogP contribution in [0.4, 0.5) is 0 Å². The van der Waals surface area contributed by atoms with E-state index in [4.69, 9.17) is 10.5 Å². The van der Waals surface area contributed by atoms with Crippen molar-refractivity contribution >= 4 is 23.2 Å². The number of aromatic nitrogens is 1. The predicted octanol–water partition coefficient (Wildman–Crippen LogP) is 1.85. The molecule has 1 saturated heterocycles. The summed E-state index contributed by atoms with van der Waals surface area (Å²) < 4.78 is 5.92. The molecule has 1 unspecified atom stereocenters. The number of hydrogen-bond donors (Lipinski definition) is 1. The SMILES string of the molecule is NC(=O)c1cc(OC2CCCN(C(=O)Cc3cccs3)C2)ccn1. The second kappa shape index (κ2) is 7.44. The van der Waals surface area contributed by atoms with Gasteiger partial charge < -0.3 is 15.4 Å². The van der Waals surface area contributed by atoms with Crippen LogP contribution in [0.5, 0.6) is 5.75 Å². The summed E-state index contributed by atoms with van der Waals surface area (Å²) in [5.74, 6) is 0.0894. The van der Waals surface area contributed by atoms with Gasteiger partial charge in [0.05, 0.1) is 13.0 Å². The Morgan fingerprint density at radius 2 is 2.29 bits per heavy atom. The van der Waals surface area contributed by atoms with Crippen molar-refractivity contribution in [3.63, 3.8) is 0 Å². The van der Waals surface area contributed by atoms with Crippen LogP contribution in [0, 0.1) is 0 Å². The fraction of sp³-hybridized carbons (Fsp3) is 0.353. The van der Waals surface area contributed by atoms with Gasteiger partial charge >= 0.3 is 0 Å². The number of carbonyl (C=O) groups is 2. The Morgan fingerprint density at radius 3 is 3.04 bits per heavy atom. The monoisotopic (exact) mass is 345 g/mol. The normalized spacial score (nSPS) is 17.5. The van der Waals surface area contributed by atoms with Crippen LogP contribution in [0.15, 0.2) is 35.8 Å². The van der Waals surface area contributed by atoms with Crippen LogP contribution < -0.4 is 10.5 Å². The Kier molecular flexibility index (Phi) is 5.10. The molecule has 0 aromatic carbocycles. The average Bonchev–Trinajstić information content (AvgIpc) is 3.08. The number of hydrogen-bond acceptors (Lipinski definition) is 5. The Labute approximate surface area is 144 Å². The van der Waals surface area contributed by atoms with Crippen LogP contribution in [0.3, 0.4) is 0 Å². The predicted molar refractivity (Wildman–Crippen MR) is 91.0 cm³/mol. The molecule has 6 nitrogen and oxygen atoms in total. The maximum atomic E-state index is 12.4. The number of nitrogens with zero attached hydrogens (tertiary/aromatic N) is 2. The van der Waals surface area contributed by atoms with Gasteiger partial charge in [0.2, 0.25) is 5.91 Å². The summed E-state index contributed by atoms with van der Waals surface area (Å²) in [6.07, 6.45) is 3.61. The van der Waals surface area contributed by atoms with E-state index in [1.54, 1.807) is 17.4 Å². The van der Waals surface area contributed by atoms with Gasteiger partial charge in [-0.3, -0.25) is 14.6 Å². The summed E-state index contributed by atoms with van der Waals surface area (Å²) in [5, 5.41) is 1.98. The van der Waals surface area contributed by atoms with Gasteiger partial charge in [0.25, 0.3) is 5.91 Å². The molecule has 2 aromatic heterocycles. The van der Waals surface area contributed by atoms with Gasteiger partial charge in [-0.25, -0.2) is 0 Å². The Bertz CT molecular complexity index is 718. The average molecular weight is 345 g/mol. The summed E-state index contributed by atoms with van der Waals surface area (Å²) in [6.45, 7) is 1.31. The number of piperidine rings is 1. The Morgan fingerprint density at radius 1 is 1.42 bits per heavy atom. The van der Waals surface area contributed by atoms with Gasteiger partial charge in [-0.15, -0.1) is 11.3 Å². The van der Waals surface area contributed by atoms with E-state index in [2.05, 4.69) is 4.98 Å². The van der Waals surface area contributed by atoms with E-state index in [0.717, 1.165) is 24.3 Å². The van der Waals surface area contributed by atoms with Crippen molar-refractivity contribution in [3.8, 4) is 5.75 Å². The number of likely N-dealkylation sites (tertiary alicyclic amines) is 1. The minimum Gasteiger partial charge on any atom is -0.488 e. The third-order valence-corrected chi connectivity index (χ3v) is 4.80. The molecule has 1 fully saturated rings. The van der Waals surface area contributed by atoms with Crippen molar-refractivity contribution in [3.05, 3.63) is 46.4 Å². The number of carbonyl (C=O) groups excluding carboxylic acids is 2. The zero-order valence-electron chi connectivity index (χ0n) is 13.2. The van der Waals surface area contributed by atoms with Crippen molar-refractivity contribution in [2.45, 2.75) is 25.4 Å². The van der Waals surface area contributed by atoms with Crippen LogP contribution in [0.2, 0.25) is 0 Å². The van der Waals surface area contributed by atoms with Gasteiger partial charge in [-0.05, 0) is 30.4 Å². The number of primary amides is 1. The standard InChI is InChI=1S/C17H19N3O3S/c18-17(22)15-9-12(5-6-19-15)23-13-3-1-7-20(11-13)16(21)10-14-4-2-8-24-14/h2,4-6,8-9,13H,1,3,7,10-11H2,(H2,18,22). The van der Waals surface area contributed by atoms with Crippen LogP contribution in [0.25, 0.3) is 0 Å². The third kappa shape index (κ3) is 4.11. The lowest BCUT2D eigenvalue weighted by molar-refractivity contribution is -0.133. The molecule has 2 amide bonds. The van der Waals surface area contributed by atoms with Crippen molar-refractivity contribution < 1.29 is 14.3 Å². The van der Waals surface area contributed by atoms with E-state index < -0.39 is 5.91 Å². The first-order chi connectivity index (χ1) is 11.6. The van der Waals surface area contributed by atoms with Crippen LogP contribution in [-0.2, 0) is 11.2 Å². The summed E-state index contributed by atoms with van der Waals surface area (Å²) >= 11 is 1.59. The molecule has 0 aliphatic carbocycles. The lowest BCUT2D eigenvalue weighted by atomic mass is 10.1. The molecular weight excluding hydrogens is 326 g/mol. The minimum atomic E-state index is -0.586. The number of pyridine rings is 1. The molecule has 0 radical (unpaired) electrons. The van der Waals surface area contributed by atoms with E-state index in [9.17, 15) is 9.59 Å². The van der Waals surface area contributed by atoms with Crippen LogP contribution in [-0.4, -0.2) is 40.9 Å². The molecule has 1 aliphatic heterocycles. The number of rotatable bonds is 5. The molecule has 24 heavy (non-hydrogen) atoms. The summed E-state index contributed by atoms with van der Waals surface area (Å²) in [4.78, 5) is 30.4. The van der Waals surface area contributed by atoms with Crippen LogP contribution >= 0.6 is 11.3 Å².